The fraction of sp³-hybridized carbons (Fsp3) is 0.235. The molecule has 0 bridgehead atoms. The van der Waals surface area contributed by atoms with E-state index in [1.165, 1.54) is 12.1 Å². The maximum absolute atomic E-state index is 13.3. The van der Waals surface area contributed by atoms with Crippen LogP contribution in [0.25, 0.3) is 0 Å². The molecule has 0 saturated heterocycles. The van der Waals surface area contributed by atoms with Gasteiger partial charge in [-0.15, -0.1) is 0 Å². The average Bonchev–Trinajstić information content (AvgIpc) is 2.58. The van der Waals surface area contributed by atoms with Crippen molar-refractivity contribution in [2.75, 3.05) is 26.9 Å². The van der Waals surface area contributed by atoms with Crippen LogP contribution >= 0.6 is 0 Å². The first-order chi connectivity index (χ1) is 11.2. The number of carbonyl (C=O) groups is 1. The standard InChI is InChI=1S/C17H18FNO4/c1-21-13-5-4-6-14(11-13)22-10-9-19-17(20)12-23-16-8-3-2-7-15(16)18/h2-8,11H,9-10,12H2,1H3,(H,19,20). The van der Waals surface area contributed by atoms with E-state index in [0.29, 0.717) is 24.7 Å². The summed E-state index contributed by atoms with van der Waals surface area (Å²) in [5.41, 5.74) is 0. The second kappa shape index (κ2) is 8.63. The van der Waals surface area contributed by atoms with Gasteiger partial charge >= 0.3 is 0 Å². The summed E-state index contributed by atoms with van der Waals surface area (Å²) >= 11 is 0. The van der Waals surface area contributed by atoms with Crippen LogP contribution in [-0.2, 0) is 4.79 Å². The number of rotatable bonds is 8. The Kier molecular flexibility index (Phi) is 6.23. The minimum atomic E-state index is -0.498. The number of methoxy groups -OCH3 is 1. The molecular formula is C17H18FNO4. The quantitative estimate of drug-likeness (QED) is 0.759. The lowest BCUT2D eigenvalue weighted by Crippen LogP contribution is -2.32. The SMILES string of the molecule is COc1cccc(OCCNC(=O)COc2ccccc2F)c1. The number of benzene rings is 2. The summed E-state index contributed by atoms with van der Waals surface area (Å²) in [7, 11) is 1.58. The van der Waals surface area contributed by atoms with Crippen molar-refractivity contribution < 1.29 is 23.4 Å². The van der Waals surface area contributed by atoms with Crippen molar-refractivity contribution in [2.45, 2.75) is 0 Å². The van der Waals surface area contributed by atoms with Gasteiger partial charge in [-0.25, -0.2) is 4.39 Å². The Bertz CT molecular complexity index is 648. The first-order valence-electron chi connectivity index (χ1n) is 7.10. The molecule has 23 heavy (non-hydrogen) atoms. The highest BCUT2D eigenvalue weighted by Crippen LogP contribution is 2.18. The third-order valence-electron chi connectivity index (χ3n) is 2.93. The normalized spacial score (nSPS) is 10.0. The molecule has 0 aliphatic heterocycles. The smallest absolute Gasteiger partial charge is 0.258 e. The highest BCUT2D eigenvalue weighted by molar-refractivity contribution is 5.77. The van der Waals surface area contributed by atoms with E-state index in [1.54, 1.807) is 31.4 Å². The Labute approximate surface area is 134 Å². The molecule has 0 spiro atoms. The average molecular weight is 319 g/mol. The van der Waals surface area contributed by atoms with Gasteiger partial charge in [0.05, 0.1) is 13.7 Å². The summed E-state index contributed by atoms with van der Waals surface area (Å²) < 4.78 is 29.0. The Morgan fingerprint density at radius 3 is 2.65 bits per heavy atom. The van der Waals surface area contributed by atoms with E-state index in [0.717, 1.165) is 0 Å². The molecule has 2 rings (SSSR count). The zero-order chi connectivity index (χ0) is 16.5. The predicted molar refractivity (Wildman–Crippen MR) is 83.4 cm³/mol. The van der Waals surface area contributed by atoms with Crippen molar-refractivity contribution in [3.63, 3.8) is 0 Å². The molecule has 5 nitrogen and oxygen atoms in total. The molecule has 0 radical (unpaired) electrons. The molecule has 6 heteroatoms. The van der Waals surface area contributed by atoms with Crippen LogP contribution in [0.1, 0.15) is 0 Å². The molecular weight excluding hydrogens is 301 g/mol. The van der Waals surface area contributed by atoms with E-state index < -0.39 is 5.82 Å². The number of hydrogen-bond donors (Lipinski definition) is 1. The fourth-order valence-corrected chi connectivity index (χ4v) is 1.81. The molecule has 0 heterocycles. The van der Waals surface area contributed by atoms with Crippen LogP contribution in [0.3, 0.4) is 0 Å². The van der Waals surface area contributed by atoms with Crippen LogP contribution < -0.4 is 19.5 Å². The third-order valence-corrected chi connectivity index (χ3v) is 2.93. The minimum Gasteiger partial charge on any atom is -0.497 e. The second-order valence-electron chi connectivity index (χ2n) is 4.60. The molecule has 2 aromatic carbocycles. The number of carbonyl (C=O) groups excluding carboxylic acids is 1. The van der Waals surface area contributed by atoms with Gasteiger partial charge in [0.2, 0.25) is 0 Å². The zero-order valence-corrected chi connectivity index (χ0v) is 12.8. The van der Waals surface area contributed by atoms with Gasteiger partial charge in [0.25, 0.3) is 5.91 Å². The Morgan fingerprint density at radius 2 is 1.87 bits per heavy atom. The van der Waals surface area contributed by atoms with Crippen molar-refractivity contribution in [1.29, 1.82) is 0 Å². The number of para-hydroxylation sites is 1. The highest BCUT2D eigenvalue weighted by atomic mass is 19.1. The van der Waals surface area contributed by atoms with E-state index in [9.17, 15) is 9.18 Å². The van der Waals surface area contributed by atoms with Crippen LogP contribution in [-0.4, -0.2) is 32.8 Å². The van der Waals surface area contributed by atoms with Crippen molar-refractivity contribution in [1.82, 2.24) is 5.32 Å². The molecule has 0 aromatic heterocycles. The number of ether oxygens (including phenoxy) is 3. The predicted octanol–water partition coefficient (Wildman–Crippen LogP) is 2.41. The molecule has 0 fully saturated rings. The van der Waals surface area contributed by atoms with E-state index in [-0.39, 0.29) is 18.3 Å². The molecule has 2 aromatic rings. The number of halogens is 1. The Balaban J connectivity index is 1.66. The largest absolute Gasteiger partial charge is 0.497 e. The van der Waals surface area contributed by atoms with Crippen LogP contribution in [0.5, 0.6) is 17.2 Å². The highest BCUT2D eigenvalue weighted by Gasteiger charge is 2.05. The molecule has 122 valence electrons. The van der Waals surface area contributed by atoms with Gasteiger partial charge < -0.3 is 19.5 Å². The first kappa shape index (κ1) is 16.6. The summed E-state index contributed by atoms with van der Waals surface area (Å²) in [4.78, 5) is 11.6. The van der Waals surface area contributed by atoms with Gasteiger partial charge in [-0.2, -0.15) is 0 Å². The first-order valence-corrected chi connectivity index (χ1v) is 7.10. The van der Waals surface area contributed by atoms with Gasteiger partial charge in [-0.1, -0.05) is 18.2 Å². The summed E-state index contributed by atoms with van der Waals surface area (Å²) in [5, 5.41) is 2.63. The van der Waals surface area contributed by atoms with Gasteiger partial charge in [0.1, 0.15) is 18.1 Å². The van der Waals surface area contributed by atoms with Crippen LogP contribution in [0.2, 0.25) is 0 Å². The van der Waals surface area contributed by atoms with Gasteiger partial charge in [-0.05, 0) is 24.3 Å². The van der Waals surface area contributed by atoms with Gasteiger partial charge in [-0.3, -0.25) is 4.79 Å². The lowest BCUT2D eigenvalue weighted by molar-refractivity contribution is -0.123. The number of nitrogens with one attached hydrogen (secondary N) is 1. The Morgan fingerprint density at radius 1 is 1.09 bits per heavy atom. The van der Waals surface area contributed by atoms with Crippen molar-refractivity contribution in [3.8, 4) is 17.2 Å². The maximum atomic E-state index is 13.3. The van der Waals surface area contributed by atoms with E-state index in [2.05, 4.69) is 5.32 Å². The van der Waals surface area contributed by atoms with E-state index in [4.69, 9.17) is 14.2 Å². The van der Waals surface area contributed by atoms with Crippen molar-refractivity contribution in [2.24, 2.45) is 0 Å². The van der Waals surface area contributed by atoms with Crippen LogP contribution in [0.4, 0.5) is 4.39 Å². The molecule has 0 saturated carbocycles. The molecule has 0 unspecified atom stereocenters. The molecule has 1 N–H and O–H groups in total. The van der Waals surface area contributed by atoms with Crippen molar-refractivity contribution >= 4 is 5.91 Å². The van der Waals surface area contributed by atoms with Crippen LogP contribution in [0, 0.1) is 5.82 Å². The Hall–Kier alpha value is -2.76. The summed E-state index contributed by atoms with van der Waals surface area (Å²) in [6, 6.07) is 13.1. The molecule has 0 aliphatic carbocycles. The van der Waals surface area contributed by atoms with Gasteiger partial charge in [0.15, 0.2) is 18.2 Å². The van der Waals surface area contributed by atoms with Crippen LogP contribution in [0.15, 0.2) is 48.5 Å². The van der Waals surface area contributed by atoms with E-state index in [1.807, 2.05) is 12.1 Å². The molecule has 0 aliphatic rings. The third kappa shape index (κ3) is 5.50. The lowest BCUT2D eigenvalue weighted by Gasteiger charge is -2.10. The summed E-state index contributed by atoms with van der Waals surface area (Å²) in [6.45, 7) is 0.370. The van der Waals surface area contributed by atoms with Gasteiger partial charge in [0, 0.05) is 6.07 Å². The number of hydrogen-bond acceptors (Lipinski definition) is 4. The summed E-state index contributed by atoms with van der Waals surface area (Å²) in [5.74, 6) is 0.561. The topological polar surface area (TPSA) is 56.8 Å². The van der Waals surface area contributed by atoms with E-state index >= 15 is 0 Å². The lowest BCUT2D eigenvalue weighted by atomic mass is 10.3. The number of amides is 1. The minimum absolute atomic E-state index is 0.0512. The fourth-order valence-electron chi connectivity index (χ4n) is 1.81. The summed E-state index contributed by atoms with van der Waals surface area (Å²) in [6.07, 6.45) is 0. The molecule has 1 amide bonds. The second-order valence-corrected chi connectivity index (χ2v) is 4.60. The molecule has 0 atom stereocenters. The maximum Gasteiger partial charge on any atom is 0.258 e. The monoisotopic (exact) mass is 319 g/mol. The zero-order valence-electron chi connectivity index (χ0n) is 12.8. The van der Waals surface area contributed by atoms with Crippen molar-refractivity contribution in [3.05, 3.63) is 54.3 Å².